The van der Waals surface area contributed by atoms with Gasteiger partial charge in [0.05, 0.1) is 37.0 Å². The molecule has 0 aromatic heterocycles. The van der Waals surface area contributed by atoms with E-state index in [2.05, 4.69) is 27.7 Å². The summed E-state index contributed by atoms with van der Waals surface area (Å²) in [6, 6.07) is 7.21. The third-order valence-corrected chi connectivity index (χ3v) is 6.09. The maximum atomic E-state index is 12.7. The fraction of sp³-hybridized carbons (Fsp3) is 0.542. The number of amides is 2. The molecule has 2 amide bonds. The lowest BCUT2D eigenvalue weighted by molar-refractivity contribution is -0.139. The Labute approximate surface area is 226 Å². The number of hydrogen-bond donors (Lipinski definition) is 4. The van der Waals surface area contributed by atoms with Gasteiger partial charge < -0.3 is 21.3 Å². The van der Waals surface area contributed by atoms with E-state index in [9.17, 15) is 29.4 Å². The largest absolute Gasteiger partial charge is 0.480 e. The molecule has 1 heterocycles. The van der Waals surface area contributed by atoms with Gasteiger partial charge in [-0.1, -0.05) is 12.1 Å². The number of isothiocyanates is 1. The molecule has 38 heavy (non-hydrogen) atoms. The summed E-state index contributed by atoms with van der Waals surface area (Å²) in [5.41, 5.74) is 6.92. The number of hydrogen-bond acceptors (Lipinski definition) is 10. The minimum absolute atomic E-state index is 0.00352. The third kappa shape index (κ3) is 12.8. The van der Waals surface area contributed by atoms with Crippen LogP contribution in [0.5, 0.6) is 0 Å². The zero-order valence-electron chi connectivity index (χ0n) is 21.3. The number of nitrogens with zero attached hydrogens (tertiary/aromatic N) is 5. The van der Waals surface area contributed by atoms with Gasteiger partial charge in [-0.05, 0) is 29.9 Å². The SMILES string of the molecule is NC(=O)CN1CCN(CC(=O)O)CCN(CC(=O)NCc2ccc(N=C=S)cc2)CCN(CC(=O)O)CC1. The second kappa shape index (κ2) is 16.6. The lowest BCUT2D eigenvalue weighted by Crippen LogP contribution is -2.50. The van der Waals surface area contributed by atoms with Crippen LogP contribution in [0, 0.1) is 0 Å². The van der Waals surface area contributed by atoms with Crippen molar-refractivity contribution in [1.29, 1.82) is 0 Å². The van der Waals surface area contributed by atoms with Gasteiger partial charge in [0, 0.05) is 58.9 Å². The van der Waals surface area contributed by atoms with Crippen LogP contribution in [0.2, 0.25) is 0 Å². The molecule has 1 fully saturated rings. The molecular formula is C24H35N7O6S. The highest BCUT2D eigenvalue weighted by Gasteiger charge is 2.20. The maximum absolute atomic E-state index is 12.7. The Morgan fingerprint density at radius 1 is 0.789 bits per heavy atom. The molecule has 13 nitrogen and oxygen atoms in total. The monoisotopic (exact) mass is 549 g/mol. The van der Waals surface area contributed by atoms with Crippen molar-refractivity contribution in [2.75, 3.05) is 78.5 Å². The number of carbonyl (C=O) groups excluding carboxylic acids is 2. The molecule has 1 saturated heterocycles. The van der Waals surface area contributed by atoms with E-state index in [1.54, 1.807) is 26.8 Å². The molecule has 5 N–H and O–H groups in total. The minimum atomic E-state index is -0.974. The van der Waals surface area contributed by atoms with Gasteiger partial charge in [-0.15, -0.1) is 0 Å². The number of carboxylic acids is 2. The lowest BCUT2D eigenvalue weighted by Gasteiger charge is -2.33. The lowest BCUT2D eigenvalue weighted by atomic mass is 10.2. The Bertz CT molecular complexity index is 970. The first-order valence-corrected chi connectivity index (χ1v) is 12.6. The maximum Gasteiger partial charge on any atom is 0.317 e. The highest BCUT2D eigenvalue weighted by molar-refractivity contribution is 7.78. The molecule has 1 aromatic rings. The topological polar surface area (TPSA) is 172 Å². The fourth-order valence-electron chi connectivity index (χ4n) is 4.01. The van der Waals surface area contributed by atoms with Crippen LogP contribution in [0.3, 0.4) is 0 Å². The number of rotatable bonds is 11. The van der Waals surface area contributed by atoms with E-state index in [-0.39, 0.29) is 32.1 Å². The van der Waals surface area contributed by atoms with Crippen LogP contribution in [-0.2, 0) is 25.7 Å². The average molecular weight is 550 g/mol. The van der Waals surface area contributed by atoms with Gasteiger partial charge in [0.25, 0.3) is 0 Å². The average Bonchev–Trinajstić information content (AvgIpc) is 2.84. The van der Waals surface area contributed by atoms with Crippen molar-refractivity contribution in [1.82, 2.24) is 24.9 Å². The summed E-state index contributed by atoms with van der Waals surface area (Å²) in [6.45, 7) is 3.14. The van der Waals surface area contributed by atoms with Gasteiger partial charge in [0.15, 0.2) is 0 Å². The summed E-state index contributed by atoms with van der Waals surface area (Å²) in [4.78, 5) is 58.1. The van der Waals surface area contributed by atoms with Crippen LogP contribution in [-0.4, -0.2) is 137 Å². The van der Waals surface area contributed by atoms with E-state index in [0.29, 0.717) is 64.6 Å². The van der Waals surface area contributed by atoms with E-state index < -0.39 is 17.8 Å². The highest BCUT2D eigenvalue weighted by atomic mass is 32.1. The Hall–Kier alpha value is -3.26. The zero-order valence-corrected chi connectivity index (χ0v) is 22.1. The molecule has 0 saturated carbocycles. The standard InChI is InChI=1S/C24H35N7O6S/c25-21(32)14-28-5-9-30(16-23(34)35)11-7-29(8-12-31(10-6-28)17-24(36)37)15-22(33)26-13-19-1-3-20(4-2-19)27-18-38/h1-4H,5-17H2,(H2,25,32)(H,26,33)(H,34,35)(H,36,37). The molecule has 1 aliphatic heterocycles. The van der Waals surface area contributed by atoms with Crippen LogP contribution in [0.4, 0.5) is 5.69 Å². The number of nitrogens with one attached hydrogen (secondary N) is 1. The van der Waals surface area contributed by atoms with Crippen molar-refractivity contribution in [3.05, 3.63) is 29.8 Å². The van der Waals surface area contributed by atoms with Crippen LogP contribution in [0.1, 0.15) is 5.56 Å². The smallest absolute Gasteiger partial charge is 0.317 e. The van der Waals surface area contributed by atoms with E-state index in [4.69, 9.17) is 5.73 Å². The van der Waals surface area contributed by atoms with E-state index in [0.717, 1.165) is 5.56 Å². The van der Waals surface area contributed by atoms with Crippen LogP contribution in [0.25, 0.3) is 0 Å². The first kappa shape index (κ1) is 31.0. The number of aliphatic carboxylic acids is 2. The number of thiocarbonyl (C=S) groups is 1. The Morgan fingerprint density at radius 2 is 1.21 bits per heavy atom. The molecule has 1 aliphatic rings. The quantitative estimate of drug-likeness (QED) is 0.195. The zero-order chi connectivity index (χ0) is 27.9. The van der Waals surface area contributed by atoms with Gasteiger partial charge in [0.2, 0.25) is 11.8 Å². The van der Waals surface area contributed by atoms with Gasteiger partial charge >= 0.3 is 11.9 Å². The van der Waals surface area contributed by atoms with Crippen molar-refractivity contribution in [3.63, 3.8) is 0 Å². The Kier molecular flexibility index (Phi) is 13.5. The molecule has 1 aromatic carbocycles. The molecular weight excluding hydrogens is 514 g/mol. The summed E-state index contributed by atoms with van der Waals surface area (Å²) >= 11 is 4.59. The fourth-order valence-corrected chi connectivity index (χ4v) is 4.12. The van der Waals surface area contributed by atoms with Crippen molar-refractivity contribution >= 4 is 46.8 Å². The second-order valence-electron chi connectivity index (χ2n) is 9.00. The van der Waals surface area contributed by atoms with Crippen molar-refractivity contribution < 1.29 is 29.4 Å². The van der Waals surface area contributed by atoms with Crippen LogP contribution < -0.4 is 11.1 Å². The van der Waals surface area contributed by atoms with Crippen molar-refractivity contribution in [2.45, 2.75) is 6.54 Å². The third-order valence-electron chi connectivity index (χ3n) is 5.99. The predicted octanol–water partition coefficient (Wildman–Crippen LogP) is -1.09. The summed E-state index contributed by atoms with van der Waals surface area (Å²) in [7, 11) is 0. The number of aliphatic imine (C=N–C) groups is 1. The number of carbonyl (C=O) groups is 4. The molecule has 0 atom stereocenters. The first-order chi connectivity index (χ1) is 18.1. The molecule has 0 aliphatic carbocycles. The molecule has 0 spiro atoms. The minimum Gasteiger partial charge on any atom is -0.480 e. The normalized spacial score (nSPS) is 16.9. The Morgan fingerprint density at radius 3 is 1.61 bits per heavy atom. The van der Waals surface area contributed by atoms with Crippen molar-refractivity contribution in [2.24, 2.45) is 10.7 Å². The Balaban J connectivity index is 2.06. The van der Waals surface area contributed by atoms with E-state index in [1.165, 1.54) is 0 Å². The van der Waals surface area contributed by atoms with Gasteiger partial charge in [0.1, 0.15) is 0 Å². The number of benzene rings is 1. The number of primary amides is 1. The molecule has 0 unspecified atom stereocenters. The van der Waals surface area contributed by atoms with Crippen LogP contribution in [0.15, 0.2) is 29.3 Å². The van der Waals surface area contributed by atoms with Crippen molar-refractivity contribution in [3.8, 4) is 0 Å². The van der Waals surface area contributed by atoms with Gasteiger partial charge in [-0.3, -0.25) is 38.8 Å². The summed E-state index contributed by atoms with van der Waals surface area (Å²) < 4.78 is 0. The predicted molar refractivity (Wildman–Crippen MR) is 143 cm³/mol. The summed E-state index contributed by atoms with van der Waals surface area (Å²) in [6.07, 6.45) is 0. The molecule has 14 heteroatoms. The summed E-state index contributed by atoms with van der Waals surface area (Å²) in [5, 5.41) is 23.9. The molecule has 2 rings (SSSR count). The van der Waals surface area contributed by atoms with Gasteiger partial charge in [-0.25, -0.2) is 0 Å². The number of carboxylic acid groups (broad SMARTS) is 2. The molecule has 0 bridgehead atoms. The van der Waals surface area contributed by atoms with E-state index in [1.807, 2.05) is 17.0 Å². The van der Waals surface area contributed by atoms with E-state index >= 15 is 0 Å². The molecule has 208 valence electrons. The van der Waals surface area contributed by atoms with Gasteiger partial charge in [-0.2, -0.15) is 4.99 Å². The first-order valence-electron chi connectivity index (χ1n) is 12.2. The highest BCUT2D eigenvalue weighted by Crippen LogP contribution is 2.12. The second-order valence-corrected chi connectivity index (χ2v) is 9.19. The summed E-state index contributed by atoms with van der Waals surface area (Å²) in [5.74, 6) is -2.67. The molecule has 0 radical (unpaired) electrons. The van der Waals surface area contributed by atoms with Crippen LogP contribution >= 0.6 is 12.2 Å². The number of nitrogens with two attached hydrogens (primary N) is 1.